The van der Waals surface area contributed by atoms with Gasteiger partial charge in [0, 0.05) is 29.0 Å². The van der Waals surface area contributed by atoms with Crippen LogP contribution in [0.1, 0.15) is 49.1 Å². The van der Waals surface area contributed by atoms with Crippen molar-refractivity contribution in [1.82, 2.24) is 16.1 Å². The Labute approximate surface area is 289 Å². The Morgan fingerprint density at radius 2 is 1.82 bits per heavy atom. The SMILES string of the molecule is C=CCc1cc(C=NNC(=O)COc2ccccc2[C@@H]2NC(=S)NC(C)=C2C(=O)OCC)cc(OCC)c1OCc1ccc([N+](=O)[O-])cc1. The van der Waals surface area contributed by atoms with Gasteiger partial charge in [-0.05, 0) is 80.9 Å². The van der Waals surface area contributed by atoms with Gasteiger partial charge in [-0.1, -0.05) is 24.3 Å². The molecule has 1 atom stereocenters. The summed E-state index contributed by atoms with van der Waals surface area (Å²) >= 11 is 5.33. The van der Waals surface area contributed by atoms with Crippen molar-refractivity contribution in [2.24, 2.45) is 5.10 Å². The number of amides is 1. The first-order chi connectivity index (χ1) is 23.6. The highest BCUT2D eigenvalue weighted by molar-refractivity contribution is 7.80. The van der Waals surface area contributed by atoms with E-state index in [0.717, 1.165) is 11.1 Å². The number of nitrogens with zero attached hydrogens (tertiary/aromatic N) is 2. The van der Waals surface area contributed by atoms with Crippen LogP contribution in [-0.4, -0.2) is 47.9 Å². The van der Waals surface area contributed by atoms with E-state index in [4.69, 9.17) is 31.2 Å². The van der Waals surface area contributed by atoms with Crippen LogP contribution in [0.15, 0.2) is 89.7 Å². The number of hydrogen-bond acceptors (Lipinski definition) is 10. The molecule has 0 saturated heterocycles. The number of thiocarbonyl (C=S) groups is 1. The third-order valence-electron chi connectivity index (χ3n) is 7.10. The van der Waals surface area contributed by atoms with Crippen molar-refractivity contribution in [3.63, 3.8) is 0 Å². The largest absolute Gasteiger partial charge is 0.490 e. The zero-order chi connectivity index (χ0) is 35.3. The molecule has 1 aliphatic heterocycles. The van der Waals surface area contributed by atoms with Crippen LogP contribution in [0.4, 0.5) is 5.69 Å². The molecule has 0 saturated carbocycles. The molecule has 0 aromatic heterocycles. The number of ether oxygens (including phenoxy) is 4. The fraction of sp³-hybridized carbons (Fsp3) is 0.257. The lowest BCUT2D eigenvalue weighted by atomic mass is 9.95. The van der Waals surface area contributed by atoms with E-state index in [9.17, 15) is 19.7 Å². The molecule has 1 amide bonds. The van der Waals surface area contributed by atoms with Gasteiger partial charge >= 0.3 is 5.97 Å². The van der Waals surface area contributed by atoms with Crippen molar-refractivity contribution in [3.8, 4) is 17.2 Å². The van der Waals surface area contributed by atoms with Crippen LogP contribution in [-0.2, 0) is 27.4 Å². The van der Waals surface area contributed by atoms with Gasteiger partial charge in [-0.25, -0.2) is 10.2 Å². The van der Waals surface area contributed by atoms with E-state index >= 15 is 0 Å². The highest BCUT2D eigenvalue weighted by atomic mass is 32.1. The number of allylic oxidation sites excluding steroid dienone is 2. The Hall–Kier alpha value is -5.76. The summed E-state index contributed by atoms with van der Waals surface area (Å²) in [4.78, 5) is 36.1. The van der Waals surface area contributed by atoms with Gasteiger partial charge in [0.05, 0.1) is 36.0 Å². The zero-order valence-corrected chi connectivity index (χ0v) is 28.1. The molecule has 0 spiro atoms. The van der Waals surface area contributed by atoms with Gasteiger partial charge in [-0.15, -0.1) is 6.58 Å². The highest BCUT2D eigenvalue weighted by Gasteiger charge is 2.32. The van der Waals surface area contributed by atoms with Gasteiger partial charge in [-0.3, -0.25) is 14.9 Å². The molecule has 0 fully saturated rings. The topological polar surface area (TPSA) is 163 Å². The highest BCUT2D eigenvalue weighted by Crippen LogP contribution is 2.35. The monoisotopic (exact) mass is 687 g/mol. The lowest BCUT2D eigenvalue weighted by molar-refractivity contribution is -0.384. The summed E-state index contributed by atoms with van der Waals surface area (Å²) in [5, 5.41) is 21.5. The molecule has 0 unspecified atom stereocenters. The van der Waals surface area contributed by atoms with Crippen LogP contribution in [0.25, 0.3) is 0 Å². The number of carbonyl (C=O) groups is 2. The number of hydrazone groups is 1. The minimum Gasteiger partial charge on any atom is -0.490 e. The van der Waals surface area contributed by atoms with E-state index in [-0.39, 0.29) is 25.5 Å². The average molecular weight is 688 g/mol. The smallest absolute Gasteiger partial charge is 0.338 e. The lowest BCUT2D eigenvalue weighted by Crippen LogP contribution is -2.45. The van der Waals surface area contributed by atoms with Crippen LogP contribution in [0.3, 0.4) is 0 Å². The maximum absolute atomic E-state index is 12.8. The Morgan fingerprint density at radius 1 is 1.06 bits per heavy atom. The number of para-hydroxylation sites is 1. The second-order valence-corrected chi connectivity index (χ2v) is 11.0. The third-order valence-corrected chi connectivity index (χ3v) is 7.32. The van der Waals surface area contributed by atoms with Crippen LogP contribution in [0.5, 0.6) is 17.2 Å². The summed E-state index contributed by atoms with van der Waals surface area (Å²) in [6.45, 7) is 9.52. The van der Waals surface area contributed by atoms with Crippen molar-refractivity contribution in [1.29, 1.82) is 0 Å². The summed E-state index contributed by atoms with van der Waals surface area (Å²) in [6.07, 6.45) is 3.65. The molecule has 14 heteroatoms. The number of esters is 1. The van der Waals surface area contributed by atoms with Gasteiger partial charge in [0.1, 0.15) is 12.4 Å². The van der Waals surface area contributed by atoms with Crippen molar-refractivity contribution in [2.75, 3.05) is 19.8 Å². The molecule has 0 radical (unpaired) electrons. The molecule has 3 aromatic rings. The van der Waals surface area contributed by atoms with Gasteiger partial charge < -0.3 is 29.6 Å². The van der Waals surface area contributed by atoms with Crippen molar-refractivity contribution < 1.29 is 33.5 Å². The Morgan fingerprint density at radius 3 is 2.51 bits per heavy atom. The van der Waals surface area contributed by atoms with Gasteiger partial charge in [0.2, 0.25) is 0 Å². The number of hydrogen-bond donors (Lipinski definition) is 3. The number of nitrogens with one attached hydrogen (secondary N) is 3. The molecular weight excluding hydrogens is 650 g/mol. The summed E-state index contributed by atoms with van der Waals surface area (Å²) < 4.78 is 23.1. The van der Waals surface area contributed by atoms with Crippen LogP contribution >= 0.6 is 12.2 Å². The molecule has 0 aliphatic carbocycles. The molecular formula is C35H37N5O8S. The maximum atomic E-state index is 12.8. The molecule has 3 aromatic carbocycles. The van der Waals surface area contributed by atoms with Crippen LogP contribution in [0.2, 0.25) is 0 Å². The fourth-order valence-corrected chi connectivity index (χ4v) is 5.24. The first-order valence-corrected chi connectivity index (χ1v) is 15.8. The summed E-state index contributed by atoms with van der Waals surface area (Å²) in [5.74, 6) is 0.333. The predicted octanol–water partition coefficient (Wildman–Crippen LogP) is 5.19. The van der Waals surface area contributed by atoms with Crippen molar-refractivity contribution in [3.05, 3.63) is 117 Å². The molecule has 0 bridgehead atoms. The summed E-state index contributed by atoms with van der Waals surface area (Å²) in [6, 6.07) is 16.0. The van der Waals surface area contributed by atoms with Crippen LogP contribution in [0, 0.1) is 10.1 Å². The van der Waals surface area contributed by atoms with E-state index < -0.39 is 22.8 Å². The number of benzene rings is 3. The van der Waals surface area contributed by atoms with Gasteiger partial charge in [0.15, 0.2) is 23.2 Å². The second-order valence-electron chi connectivity index (χ2n) is 10.6. The number of carbonyl (C=O) groups excluding carboxylic acids is 2. The normalized spacial score (nSPS) is 14.0. The first kappa shape index (κ1) is 36.1. The maximum Gasteiger partial charge on any atom is 0.338 e. The molecule has 256 valence electrons. The first-order valence-electron chi connectivity index (χ1n) is 15.4. The molecule has 49 heavy (non-hydrogen) atoms. The average Bonchev–Trinajstić information content (AvgIpc) is 3.07. The van der Waals surface area contributed by atoms with Gasteiger partial charge in [-0.2, -0.15) is 5.10 Å². The van der Waals surface area contributed by atoms with Gasteiger partial charge in [0.25, 0.3) is 11.6 Å². The molecule has 13 nitrogen and oxygen atoms in total. The van der Waals surface area contributed by atoms with Crippen LogP contribution < -0.4 is 30.3 Å². The zero-order valence-electron chi connectivity index (χ0n) is 27.3. The summed E-state index contributed by atoms with van der Waals surface area (Å²) in [5.41, 5.74) is 6.13. The van der Waals surface area contributed by atoms with Crippen molar-refractivity contribution >= 4 is 41.1 Å². The number of nitro groups is 1. The molecule has 1 heterocycles. The number of rotatable bonds is 16. The molecule has 4 rings (SSSR count). The van der Waals surface area contributed by atoms with E-state index in [0.29, 0.717) is 57.8 Å². The standard InChI is InChI=1S/C35H37N5O8S/c1-5-10-25-17-24(18-29(45-6-2)33(25)48-20-23-13-15-26(16-14-23)40(43)44)19-36-39-30(41)21-47-28-12-9-8-11-27(28)32-31(34(42)46-7-3)22(4)37-35(49)38-32/h5,8-9,11-19,32H,1,6-7,10,20-21H2,2-4H3,(H,39,41)(H2,37,38,49)/t32-/m0/s1. The Kier molecular flexibility index (Phi) is 12.8. The quantitative estimate of drug-likeness (QED) is 0.0454. The fourth-order valence-electron chi connectivity index (χ4n) is 4.97. The number of nitro benzene ring substituents is 1. The Balaban J connectivity index is 1.45. The Bertz CT molecular complexity index is 1770. The number of non-ortho nitro benzene ring substituents is 1. The third kappa shape index (κ3) is 9.64. The second kappa shape index (κ2) is 17.4. The molecule has 1 aliphatic rings. The lowest BCUT2D eigenvalue weighted by Gasteiger charge is -2.30. The predicted molar refractivity (Wildman–Crippen MR) is 188 cm³/mol. The minimum atomic E-state index is -0.657. The molecule has 3 N–H and O–H groups in total. The van der Waals surface area contributed by atoms with E-state index in [2.05, 4.69) is 27.7 Å². The summed E-state index contributed by atoms with van der Waals surface area (Å²) in [7, 11) is 0. The minimum absolute atomic E-state index is 0.00465. The van der Waals surface area contributed by atoms with E-state index in [1.807, 2.05) is 13.0 Å². The van der Waals surface area contributed by atoms with E-state index in [1.165, 1.54) is 18.3 Å². The van der Waals surface area contributed by atoms with Crippen molar-refractivity contribution in [2.45, 2.75) is 39.8 Å². The van der Waals surface area contributed by atoms with E-state index in [1.54, 1.807) is 62.4 Å².